The number of ether oxygens (including phenoxy) is 2. The molecule has 1 aromatic rings. The first-order valence-corrected chi connectivity index (χ1v) is 9.19. The number of nitrogens with zero attached hydrogens (tertiary/aromatic N) is 2. The van der Waals surface area contributed by atoms with Crippen molar-refractivity contribution in [3.63, 3.8) is 0 Å². The van der Waals surface area contributed by atoms with Crippen molar-refractivity contribution in [2.24, 2.45) is 0 Å². The Morgan fingerprint density at radius 3 is 2.59 bits per heavy atom. The summed E-state index contributed by atoms with van der Waals surface area (Å²) in [5.74, 6) is 0.499. The molecule has 8 heteroatoms. The summed E-state index contributed by atoms with van der Waals surface area (Å²) < 4.78 is 10.3. The van der Waals surface area contributed by atoms with Gasteiger partial charge in [0.25, 0.3) is 5.91 Å². The molecule has 2 heterocycles. The van der Waals surface area contributed by atoms with Gasteiger partial charge in [0.2, 0.25) is 5.91 Å². The average Bonchev–Trinajstić information content (AvgIpc) is 2.98. The summed E-state index contributed by atoms with van der Waals surface area (Å²) in [6, 6.07) is 6.50. The van der Waals surface area contributed by atoms with Crippen molar-refractivity contribution in [2.75, 3.05) is 40.0 Å². The van der Waals surface area contributed by atoms with Gasteiger partial charge in [-0.05, 0) is 30.5 Å². The molecular weight excluding hydrogens is 350 g/mol. The van der Waals surface area contributed by atoms with Gasteiger partial charge in [-0.1, -0.05) is 12.1 Å². The van der Waals surface area contributed by atoms with Crippen LogP contribution in [0.15, 0.2) is 24.3 Å². The van der Waals surface area contributed by atoms with E-state index in [1.54, 1.807) is 12.0 Å². The van der Waals surface area contributed by atoms with Crippen molar-refractivity contribution in [1.29, 1.82) is 0 Å². The minimum atomic E-state index is -0.627. The maximum atomic E-state index is 12.5. The smallest absolute Gasteiger partial charge is 0.324 e. The largest absolute Gasteiger partial charge is 0.497 e. The number of rotatable bonds is 7. The van der Waals surface area contributed by atoms with E-state index < -0.39 is 12.1 Å². The third kappa shape index (κ3) is 4.77. The number of hydrogen-bond donors (Lipinski definition) is 1. The molecular formula is C19H25N3O5. The van der Waals surface area contributed by atoms with E-state index in [2.05, 4.69) is 5.32 Å². The Morgan fingerprint density at radius 1 is 1.22 bits per heavy atom. The van der Waals surface area contributed by atoms with Gasteiger partial charge >= 0.3 is 6.03 Å². The summed E-state index contributed by atoms with van der Waals surface area (Å²) >= 11 is 0. The van der Waals surface area contributed by atoms with Crippen LogP contribution in [0.1, 0.15) is 18.4 Å². The number of imide groups is 1. The van der Waals surface area contributed by atoms with E-state index in [4.69, 9.17) is 9.47 Å². The van der Waals surface area contributed by atoms with E-state index in [-0.39, 0.29) is 18.2 Å². The summed E-state index contributed by atoms with van der Waals surface area (Å²) in [5.41, 5.74) is 1.02. The Hall–Kier alpha value is -2.61. The average molecular weight is 375 g/mol. The van der Waals surface area contributed by atoms with Crippen molar-refractivity contribution >= 4 is 17.8 Å². The van der Waals surface area contributed by atoms with Gasteiger partial charge in [0, 0.05) is 26.1 Å². The van der Waals surface area contributed by atoms with Gasteiger partial charge in [0.15, 0.2) is 0 Å². The van der Waals surface area contributed by atoms with Gasteiger partial charge in [-0.25, -0.2) is 4.79 Å². The molecule has 146 valence electrons. The second kappa shape index (κ2) is 8.85. The van der Waals surface area contributed by atoms with Crippen LogP contribution in [0.25, 0.3) is 0 Å². The van der Waals surface area contributed by atoms with Crippen LogP contribution >= 0.6 is 0 Å². The lowest BCUT2D eigenvalue weighted by molar-refractivity contribution is -0.135. The zero-order valence-electron chi connectivity index (χ0n) is 15.5. The minimum absolute atomic E-state index is 0.00275. The molecule has 0 radical (unpaired) electrons. The molecule has 3 rings (SSSR count). The van der Waals surface area contributed by atoms with Gasteiger partial charge in [-0.2, -0.15) is 0 Å². The van der Waals surface area contributed by atoms with E-state index in [0.29, 0.717) is 45.7 Å². The molecule has 0 spiro atoms. The van der Waals surface area contributed by atoms with Crippen LogP contribution in [-0.2, 0) is 20.7 Å². The molecule has 0 aromatic heterocycles. The normalized spacial score (nSPS) is 20.0. The third-order valence-corrected chi connectivity index (χ3v) is 4.90. The van der Waals surface area contributed by atoms with E-state index in [1.165, 1.54) is 4.90 Å². The molecule has 1 unspecified atom stereocenters. The summed E-state index contributed by atoms with van der Waals surface area (Å²) in [4.78, 5) is 39.8. The Labute approximate surface area is 158 Å². The van der Waals surface area contributed by atoms with E-state index >= 15 is 0 Å². The van der Waals surface area contributed by atoms with Crippen LogP contribution in [-0.4, -0.2) is 73.6 Å². The Morgan fingerprint density at radius 2 is 1.93 bits per heavy atom. The highest BCUT2D eigenvalue weighted by molar-refractivity contribution is 6.04. The van der Waals surface area contributed by atoms with Crippen molar-refractivity contribution < 1.29 is 23.9 Å². The predicted octanol–water partition coefficient (Wildman–Crippen LogP) is 0.797. The molecule has 8 nitrogen and oxygen atoms in total. The molecule has 27 heavy (non-hydrogen) atoms. The number of urea groups is 1. The number of morpholine rings is 1. The quantitative estimate of drug-likeness (QED) is 0.712. The molecule has 2 aliphatic heterocycles. The first-order valence-electron chi connectivity index (χ1n) is 9.19. The Balaban J connectivity index is 1.47. The number of hydrogen-bond acceptors (Lipinski definition) is 5. The van der Waals surface area contributed by atoms with Crippen molar-refractivity contribution in [2.45, 2.75) is 25.3 Å². The fourth-order valence-corrected chi connectivity index (χ4v) is 3.26. The highest BCUT2D eigenvalue weighted by atomic mass is 16.5. The lowest BCUT2D eigenvalue weighted by Gasteiger charge is -2.27. The first-order chi connectivity index (χ1) is 13.1. The number of nitrogens with one attached hydrogen (secondary N) is 1. The lowest BCUT2D eigenvalue weighted by atomic mass is 10.1. The molecule has 4 amide bonds. The monoisotopic (exact) mass is 375 g/mol. The van der Waals surface area contributed by atoms with Crippen LogP contribution < -0.4 is 10.1 Å². The van der Waals surface area contributed by atoms with Crippen LogP contribution in [0.3, 0.4) is 0 Å². The molecule has 0 bridgehead atoms. The number of carbonyl (C=O) groups excluding carboxylic acids is 3. The van der Waals surface area contributed by atoms with Gasteiger partial charge in [0.05, 0.1) is 20.3 Å². The molecule has 2 aliphatic rings. The van der Waals surface area contributed by atoms with Crippen LogP contribution in [0.2, 0.25) is 0 Å². The van der Waals surface area contributed by atoms with E-state index in [1.807, 2.05) is 24.3 Å². The first kappa shape index (κ1) is 19.2. The maximum absolute atomic E-state index is 12.5. The SMILES string of the molecule is COc1ccc(CCN2C(=O)NC(CCC(=O)N3CCOCC3)C2=O)cc1. The fraction of sp³-hybridized carbons (Fsp3) is 0.526. The summed E-state index contributed by atoms with van der Waals surface area (Å²) in [7, 11) is 1.60. The second-order valence-corrected chi connectivity index (χ2v) is 6.62. The Kier molecular flexibility index (Phi) is 6.28. The molecule has 0 aliphatic carbocycles. The topological polar surface area (TPSA) is 88.2 Å². The standard InChI is InChI=1S/C19H25N3O5/c1-26-15-4-2-14(3-5-15)8-9-22-18(24)16(20-19(22)25)6-7-17(23)21-10-12-27-13-11-21/h2-5,16H,6-13H2,1H3,(H,20,25). The third-order valence-electron chi connectivity index (χ3n) is 4.90. The van der Waals surface area contributed by atoms with E-state index in [0.717, 1.165) is 11.3 Å². The number of carbonyl (C=O) groups is 3. The van der Waals surface area contributed by atoms with Gasteiger partial charge in [0.1, 0.15) is 11.8 Å². The highest BCUT2D eigenvalue weighted by Gasteiger charge is 2.37. The van der Waals surface area contributed by atoms with Crippen molar-refractivity contribution in [3.8, 4) is 5.75 Å². The highest BCUT2D eigenvalue weighted by Crippen LogP contribution is 2.15. The maximum Gasteiger partial charge on any atom is 0.324 e. The van der Waals surface area contributed by atoms with Crippen LogP contribution in [0.4, 0.5) is 4.79 Å². The van der Waals surface area contributed by atoms with Gasteiger partial charge in [-0.15, -0.1) is 0 Å². The zero-order valence-corrected chi connectivity index (χ0v) is 15.5. The van der Waals surface area contributed by atoms with E-state index in [9.17, 15) is 14.4 Å². The molecule has 1 aromatic carbocycles. The number of methoxy groups -OCH3 is 1. The van der Waals surface area contributed by atoms with Crippen LogP contribution in [0.5, 0.6) is 5.75 Å². The summed E-state index contributed by atoms with van der Waals surface area (Å²) in [6.07, 6.45) is 1.13. The fourth-order valence-electron chi connectivity index (χ4n) is 3.26. The predicted molar refractivity (Wildman–Crippen MR) is 97.4 cm³/mol. The molecule has 2 fully saturated rings. The number of benzene rings is 1. The minimum Gasteiger partial charge on any atom is -0.497 e. The van der Waals surface area contributed by atoms with Crippen molar-refractivity contribution in [1.82, 2.24) is 15.1 Å². The van der Waals surface area contributed by atoms with Crippen molar-refractivity contribution in [3.05, 3.63) is 29.8 Å². The number of amides is 4. The Bertz CT molecular complexity index is 685. The zero-order chi connectivity index (χ0) is 19.2. The van der Waals surface area contributed by atoms with Crippen LogP contribution in [0, 0.1) is 0 Å². The summed E-state index contributed by atoms with van der Waals surface area (Å²) in [5, 5.41) is 2.69. The second-order valence-electron chi connectivity index (χ2n) is 6.62. The molecule has 2 saturated heterocycles. The summed E-state index contributed by atoms with van der Waals surface area (Å²) in [6.45, 7) is 2.56. The lowest BCUT2D eigenvalue weighted by Crippen LogP contribution is -2.41. The molecule has 1 N–H and O–H groups in total. The van der Waals surface area contributed by atoms with Gasteiger partial charge < -0.3 is 19.7 Å². The molecule has 0 saturated carbocycles. The van der Waals surface area contributed by atoms with Gasteiger partial charge in [-0.3, -0.25) is 14.5 Å². The molecule has 1 atom stereocenters.